The number of aliphatic hydroxyl groups is 2. The van der Waals surface area contributed by atoms with Crippen LogP contribution in [0.15, 0.2) is 36.4 Å². The Hall–Kier alpha value is -1.36. The lowest BCUT2D eigenvalue weighted by molar-refractivity contribution is 0.00520. The third kappa shape index (κ3) is 3.60. The van der Waals surface area contributed by atoms with Crippen molar-refractivity contribution in [1.29, 1.82) is 0 Å². The second-order valence-corrected chi connectivity index (χ2v) is 5.03. The Bertz CT molecular complexity index is 427. The van der Waals surface area contributed by atoms with E-state index in [4.69, 9.17) is 14.6 Å². The van der Waals surface area contributed by atoms with E-state index in [9.17, 15) is 5.11 Å². The van der Waals surface area contributed by atoms with E-state index in [0.717, 1.165) is 11.3 Å². The van der Waals surface area contributed by atoms with Gasteiger partial charge in [0.2, 0.25) is 0 Å². The fraction of sp³-hybridized carbons (Fsp3) is 0.500. The SMILES string of the molecule is COc1ccc(CO[C@H]2C=C[C@@H](CCO)[C@@H]2CO)cc1. The summed E-state index contributed by atoms with van der Waals surface area (Å²) in [5.41, 5.74) is 1.07. The van der Waals surface area contributed by atoms with Gasteiger partial charge >= 0.3 is 0 Å². The van der Waals surface area contributed by atoms with Crippen LogP contribution in [0.4, 0.5) is 0 Å². The number of benzene rings is 1. The van der Waals surface area contributed by atoms with Gasteiger partial charge in [0.15, 0.2) is 0 Å². The Balaban J connectivity index is 1.88. The molecule has 1 aliphatic carbocycles. The van der Waals surface area contributed by atoms with Crippen LogP contribution in [0.2, 0.25) is 0 Å². The topological polar surface area (TPSA) is 58.9 Å². The summed E-state index contributed by atoms with van der Waals surface area (Å²) < 4.78 is 11.0. The first kappa shape index (κ1) is 15.0. The highest BCUT2D eigenvalue weighted by atomic mass is 16.5. The van der Waals surface area contributed by atoms with E-state index in [1.165, 1.54) is 0 Å². The molecule has 0 radical (unpaired) electrons. The molecule has 3 atom stereocenters. The zero-order chi connectivity index (χ0) is 14.4. The van der Waals surface area contributed by atoms with Crippen LogP contribution < -0.4 is 4.74 Å². The predicted molar refractivity (Wildman–Crippen MR) is 76.5 cm³/mol. The molecule has 0 saturated heterocycles. The standard InChI is InChI=1S/C16H22O4/c1-19-14-5-2-12(3-6-14)11-20-16-7-4-13(8-9-17)15(16)10-18/h2-7,13,15-18H,8-11H2,1H3/t13-,15-,16-/m0/s1. The van der Waals surface area contributed by atoms with Crippen LogP contribution in [-0.2, 0) is 11.3 Å². The van der Waals surface area contributed by atoms with E-state index in [0.29, 0.717) is 13.0 Å². The fourth-order valence-corrected chi connectivity index (χ4v) is 2.57. The average Bonchev–Trinajstić information content (AvgIpc) is 2.88. The molecule has 2 rings (SSSR count). The molecule has 4 heteroatoms. The van der Waals surface area contributed by atoms with E-state index >= 15 is 0 Å². The fourth-order valence-electron chi connectivity index (χ4n) is 2.57. The molecule has 0 aliphatic heterocycles. The summed E-state index contributed by atoms with van der Waals surface area (Å²) >= 11 is 0. The Labute approximate surface area is 119 Å². The van der Waals surface area contributed by atoms with Crippen molar-refractivity contribution in [2.24, 2.45) is 11.8 Å². The molecule has 110 valence electrons. The summed E-state index contributed by atoms with van der Waals surface area (Å²) in [6, 6.07) is 7.75. The first-order valence-electron chi connectivity index (χ1n) is 6.93. The van der Waals surface area contributed by atoms with E-state index < -0.39 is 0 Å². The van der Waals surface area contributed by atoms with Crippen LogP contribution >= 0.6 is 0 Å². The molecule has 1 aromatic carbocycles. The highest BCUT2D eigenvalue weighted by Crippen LogP contribution is 2.30. The van der Waals surface area contributed by atoms with Crippen molar-refractivity contribution in [3.63, 3.8) is 0 Å². The zero-order valence-electron chi connectivity index (χ0n) is 11.7. The Kier molecular flexibility index (Phi) is 5.59. The number of rotatable bonds is 7. The number of hydrogen-bond donors (Lipinski definition) is 2. The van der Waals surface area contributed by atoms with E-state index in [-0.39, 0.29) is 31.2 Å². The number of ether oxygens (including phenoxy) is 2. The molecule has 0 amide bonds. The molecule has 1 aliphatic rings. The first-order chi connectivity index (χ1) is 9.78. The number of hydrogen-bond acceptors (Lipinski definition) is 4. The molecule has 0 spiro atoms. The molecule has 0 fully saturated rings. The lowest BCUT2D eigenvalue weighted by atomic mass is 9.92. The van der Waals surface area contributed by atoms with Gasteiger partial charge in [0.1, 0.15) is 5.75 Å². The lowest BCUT2D eigenvalue weighted by Crippen LogP contribution is -2.27. The van der Waals surface area contributed by atoms with E-state index in [1.807, 2.05) is 36.4 Å². The Morgan fingerprint density at radius 3 is 2.45 bits per heavy atom. The van der Waals surface area contributed by atoms with Crippen LogP contribution in [0.3, 0.4) is 0 Å². The van der Waals surface area contributed by atoms with Gasteiger partial charge in [-0.15, -0.1) is 0 Å². The molecule has 0 unspecified atom stereocenters. The largest absolute Gasteiger partial charge is 0.497 e. The van der Waals surface area contributed by atoms with Gasteiger partial charge in [-0.3, -0.25) is 0 Å². The number of aliphatic hydroxyl groups excluding tert-OH is 2. The quantitative estimate of drug-likeness (QED) is 0.746. The van der Waals surface area contributed by atoms with Crippen LogP contribution in [-0.4, -0.2) is 36.6 Å². The molecule has 20 heavy (non-hydrogen) atoms. The van der Waals surface area contributed by atoms with Crippen molar-refractivity contribution in [2.45, 2.75) is 19.1 Å². The zero-order valence-corrected chi connectivity index (χ0v) is 11.7. The third-order valence-corrected chi connectivity index (χ3v) is 3.79. The Morgan fingerprint density at radius 1 is 1.10 bits per heavy atom. The van der Waals surface area contributed by atoms with Crippen molar-refractivity contribution in [1.82, 2.24) is 0 Å². The summed E-state index contributed by atoms with van der Waals surface area (Å²) in [6.07, 6.45) is 4.61. The molecule has 2 N–H and O–H groups in total. The van der Waals surface area contributed by atoms with Gasteiger partial charge in [-0.25, -0.2) is 0 Å². The Morgan fingerprint density at radius 2 is 1.85 bits per heavy atom. The molecule has 1 aromatic rings. The normalized spacial score (nSPS) is 25.1. The summed E-state index contributed by atoms with van der Waals surface area (Å²) in [6.45, 7) is 0.711. The van der Waals surface area contributed by atoms with Crippen molar-refractivity contribution in [3.05, 3.63) is 42.0 Å². The summed E-state index contributed by atoms with van der Waals surface area (Å²) in [7, 11) is 1.64. The van der Waals surface area contributed by atoms with Gasteiger partial charge in [-0.1, -0.05) is 24.3 Å². The van der Waals surface area contributed by atoms with Gasteiger partial charge in [0, 0.05) is 19.1 Å². The van der Waals surface area contributed by atoms with Gasteiger partial charge < -0.3 is 19.7 Å². The van der Waals surface area contributed by atoms with E-state index in [2.05, 4.69) is 0 Å². The van der Waals surface area contributed by atoms with Crippen LogP contribution in [0.25, 0.3) is 0 Å². The molecule has 0 aromatic heterocycles. The summed E-state index contributed by atoms with van der Waals surface area (Å²) in [4.78, 5) is 0. The second-order valence-electron chi connectivity index (χ2n) is 5.03. The van der Waals surface area contributed by atoms with Crippen LogP contribution in [0.5, 0.6) is 5.75 Å². The van der Waals surface area contributed by atoms with Crippen LogP contribution in [0, 0.1) is 11.8 Å². The smallest absolute Gasteiger partial charge is 0.118 e. The molecular weight excluding hydrogens is 256 g/mol. The van der Waals surface area contributed by atoms with E-state index in [1.54, 1.807) is 7.11 Å². The molecule has 4 nitrogen and oxygen atoms in total. The molecule has 0 bridgehead atoms. The highest BCUT2D eigenvalue weighted by Gasteiger charge is 2.31. The van der Waals surface area contributed by atoms with Crippen molar-refractivity contribution in [3.8, 4) is 5.75 Å². The summed E-state index contributed by atoms with van der Waals surface area (Å²) in [5, 5.41) is 18.5. The summed E-state index contributed by atoms with van der Waals surface area (Å²) in [5.74, 6) is 1.07. The maximum Gasteiger partial charge on any atom is 0.118 e. The van der Waals surface area contributed by atoms with Gasteiger partial charge in [-0.05, 0) is 30.0 Å². The average molecular weight is 278 g/mol. The number of allylic oxidation sites excluding steroid dienone is 1. The maximum atomic E-state index is 9.48. The van der Waals surface area contributed by atoms with Crippen molar-refractivity contribution < 1.29 is 19.7 Å². The second kappa shape index (κ2) is 7.43. The minimum Gasteiger partial charge on any atom is -0.497 e. The molecule has 0 saturated carbocycles. The van der Waals surface area contributed by atoms with Gasteiger partial charge in [-0.2, -0.15) is 0 Å². The predicted octanol–water partition coefficient (Wildman–Crippen LogP) is 1.76. The lowest BCUT2D eigenvalue weighted by Gasteiger charge is -2.23. The van der Waals surface area contributed by atoms with Crippen LogP contribution in [0.1, 0.15) is 12.0 Å². The molecular formula is C16H22O4. The monoisotopic (exact) mass is 278 g/mol. The minimum absolute atomic E-state index is 0.0420. The maximum absolute atomic E-state index is 9.48. The minimum atomic E-state index is -0.0846. The first-order valence-corrected chi connectivity index (χ1v) is 6.93. The van der Waals surface area contributed by atoms with Crippen molar-refractivity contribution in [2.75, 3.05) is 20.3 Å². The third-order valence-electron chi connectivity index (χ3n) is 3.79. The van der Waals surface area contributed by atoms with Gasteiger partial charge in [0.05, 0.1) is 19.8 Å². The van der Waals surface area contributed by atoms with Gasteiger partial charge in [0.25, 0.3) is 0 Å². The highest BCUT2D eigenvalue weighted by molar-refractivity contribution is 5.26. The van der Waals surface area contributed by atoms with Crippen molar-refractivity contribution >= 4 is 0 Å². The molecule has 0 heterocycles. The number of methoxy groups -OCH3 is 1.